The van der Waals surface area contributed by atoms with Crippen molar-refractivity contribution in [2.24, 2.45) is 5.73 Å². The minimum atomic E-state index is -0.805. The lowest BCUT2D eigenvalue weighted by atomic mass is 9.98. The molecule has 6 heteroatoms. The smallest absolute Gasteiger partial charge is 0.407 e. The molecule has 0 unspecified atom stereocenters. The number of hydrogen-bond donors (Lipinski definition) is 2. The Kier molecular flexibility index (Phi) is 5.53. The summed E-state index contributed by atoms with van der Waals surface area (Å²) in [7, 11) is 1.27. The Morgan fingerprint density at radius 1 is 1.08 bits per heavy atom. The van der Waals surface area contributed by atoms with Crippen molar-refractivity contribution in [2.75, 3.05) is 20.3 Å². The van der Waals surface area contributed by atoms with E-state index in [-0.39, 0.29) is 25.5 Å². The molecule has 0 bridgehead atoms. The van der Waals surface area contributed by atoms with Crippen LogP contribution in [0.3, 0.4) is 0 Å². The number of hydrogen-bond acceptors (Lipinski definition) is 5. The topological polar surface area (TPSA) is 90.6 Å². The molecule has 1 aliphatic rings. The fraction of sp³-hybridized carbons (Fsp3) is 0.300. The van der Waals surface area contributed by atoms with Gasteiger partial charge in [0.25, 0.3) is 0 Å². The fourth-order valence-corrected chi connectivity index (χ4v) is 3.34. The second kappa shape index (κ2) is 8.01. The molecule has 3 N–H and O–H groups in total. The van der Waals surface area contributed by atoms with Gasteiger partial charge in [0.2, 0.25) is 0 Å². The molecule has 1 amide bonds. The van der Waals surface area contributed by atoms with Crippen molar-refractivity contribution in [1.82, 2.24) is 5.32 Å². The van der Waals surface area contributed by atoms with Gasteiger partial charge in [0.05, 0.1) is 7.11 Å². The van der Waals surface area contributed by atoms with E-state index < -0.39 is 18.1 Å². The van der Waals surface area contributed by atoms with Gasteiger partial charge in [0.1, 0.15) is 12.6 Å². The summed E-state index contributed by atoms with van der Waals surface area (Å²) in [4.78, 5) is 23.8. The summed E-state index contributed by atoms with van der Waals surface area (Å²) >= 11 is 0. The van der Waals surface area contributed by atoms with Crippen molar-refractivity contribution in [3.8, 4) is 11.1 Å². The lowest BCUT2D eigenvalue weighted by molar-refractivity contribution is -0.143. The number of benzene rings is 2. The second-order valence-corrected chi connectivity index (χ2v) is 6.12. The van der Waals surface area contributed by atoms with Crippen molar-refractivity contribution < 1.29 is 19.1 Å². The van der Waals surface area contributed by atoms with Crippen LogP contribution in [0.15, 0.2) is 48.5 Å². The fourth-order valence-electron chi connectivity index (χ4n) is 3.34. The van der Waals surface area contributed by atoms with Gasteiger partial charge in [0, 0.05) is 5.92 Å². The van der Waals surface area contributed by atoms with Crippen LogP contribution in [0, 0.1) is 0 Å². The van der Waals surface area contributed by atoms with Gasteiger partial charge in [-0.15, -0.1) is 0 Å². The zero-order valence-electron chi connectivity index (χ0n) is 14.6. The van der Waals surface area contributed by atoms with E-state index in [1.165, 1.54) is 7.11 Å². The number of methoxy groups -OCH3 is 1. The van der Waals surface area contributed by atoms with Crippen LogP contribution in [-0.2, 0) is 14.3 Å². The first-order valence-corrected chi connectivity index (χ1v) is 8.55. The molecule has 6 nitrogen and oxygen atoms in total. The summed E-state index contributed by atoms with van der Waals surface area (Å²) in [5.74, 6) is -0.566. The van der Waals surface area contributed by atoms with E-state index in [9.17, 15) is 9.59 Å². The number of carbonyl (C=O) groups is 2. The third kappa shape index (κ3) is 3.55. The average Bonchev–Trinajstić information content (AvgIpc) is 2.99. The van der Waals surface area contributed by atoms with E-state index in [1.54, 1.807) is 0 Å². The summed E-state index contributed by atoms with van der Waals surface area (Å²) in [5, 5.41) is 2.52. The van der Waals surface area contributed by atoms with Gasteiger partial charge in [-0.05, 0) is 35.2 Å². The molecular weight excluding hydrogens is 332 g/mol. The predicted molar refractivity (Wildman–Crippen MR) is 97.7 cm³/mol. The standard InChI is InChI=1S/C20H22N2O4/c1-25-19(23)18(10-11-21)22-20(24)26-12-17-15-8-4-2-6-13(15)14-7-3-5-9-16(14)17/h2-9,17-18H,10-12,21H2,1H3,(H,22,24)/t18-/m0/s1. The van der Waals surface area contributed by atoms with Crippen LogP contribution in [0.4, 0.5) is 4.79 Å². The molecule has 0 radical (unpaired) electrons. The largest absolute Gasteiger partial charge is 0.467 e. The van der Waals surface area contributed by atoms with Crippen molar-refractivity contribution in [2.45, 2.75) is 18.4 Å². The van der Waals surface area contributed by atoms with E-state index in [0.717, 1.165) is 22.3 Å². The zero-order valence-corrected chi connectivity index (χ0v) is 14.6. The lowest BCUT2D eigenvalue weighted by Crippen LogP contribution is -2.43. The Morgan fingerprint density at radius 2 is 1.65 bits per heavy atom. The number of rotatable bonds is 6. The Hall–Kier alpha value is -2.86. The number of fused-ring (bicyclic) bond motifs is 3. The number of amides is 1. The van der Waals surface area contributed by atoms with Crippen molar-refractivity contribution >= 4 is 12.1 Å². The third-order valence-corrected chi connectivity index (χ3v) is 4.58. The van der Waals surface area contributed by atoms with Crippen LogP contribution in [0.1, 0.15) is 23.5 Å². The summed E-state index contributed by atoms with van der Waals surface area (Å²) in [6, 6.07) is 15.4. The molecule has 3 rings (SSSR count). The molecule has 26 heavy (non-hydrogen) atoms. The summed E-state index contributed by atoms with van der Waals surface area (Å²) in [5.41, 5.74) is 10.1. The average molecular weight is 354 g/mol. The van der Waals surface area contributed by atoms with Crippen molar-refractivity contribution in [3.63, 3.8) is 0 Å². The molecule has 0 heterocycles. The van der Waals surface area contributed by atoms with Gasteiger partial charge < -0.3 is 20.5 Å². The van der Waals surface area contributed by atoms with E-state index in [2.05, 4.69) is 22.2 Å². The van der Waals surface area contributed by atoms with Crippen molar-refractivity contribution in [1.29, 1.82) is 0 Å². The molecule has 0 aromatic heterocycles. The molecule has 1 atom stereocenters. The van der Waals surface area contributed by atoms with E-state index in [4.69, 9.17) is 10.5 Å². The lowest BCUT2D eigenvalue weighted by Gasteiger charge is -2.18. The predicted octanol–water partition coefficient (Wildman–Crippen LogP) is 2.42. The highest BCUT2D eigenvalue weighted by molar-refractivity contribution is 5.82. The Bertz CT molecular complexity index is 760. The Labute approximate surface area is 152 Å². The quantitative estimate of drug-likeness (QED) is 0.778. The SMILES string of the molecule is COC(=O)[C@H](CCN)NC(=O)OCC1c2ccccc2-c2ccccc21. The van der Waals surface area contributed by atoms with E-state index in [0.29, 0.717) is 0 Å². The van der Waals surface area contributed by atoms with Gasteiger partial charge in [-0.2, -0.15) is 0 Å². The first kappa shape index (κ1) is 17.9. The first-order chi connectivity index (χ1) is 12.7. The highest BCUT2D eigenvalue weighted by Gasteiger charge is 2.29. The monoisotopic (exact) mass is 354 g/mol. The van der Waals surface area contributed by atoms with Crippen LogP contribution >= 0.6 is 0 Å². The van der Waals surface area contributed by atoms with Gasteiger partial charge in [-0.3, -0.25) is 0 Å². The van der Waals surface area contributed by atoms with Crippen LogP contribution in [0.25, 0.3) is 11.1 Å². The molecule has 0 saturated heterocycles. The maximum atomic E-state index is 12.1. The van der Waals surface area contributed by atoms with Crippen LogP contribution in [-0.4, -0.2) is 38.4 Å². The number of nitrogens with two attached hydrogens (primary N) is 1. The molecule has 0 saturated carbocycles. The number of ether oxygens (including phenoxy) is 2. The molecule has 0 spiro atoms. The maximum Gasteiger partial charge on any atom is 0.407 e. The first-order valence-electron chi connectivity index (χ1n) is 8.55. The van der Waals surface area contributed by atoms with Crippen molar-refractivity contribution in [3.05, 3.63) is 59.7 Å². The third-order valence-electron chi connectivity index (χ3n) is 4.58. The minimum absolute atomic E-state index is 0.0285. The Morgan fingerprint density at radius 3 is 2.19 bits per heavy atom. The zero-order chi connectivity index (χ0) is 18.5. The summed E-state index contributed by atoms with van der Waals surface area (Å²) < 4.78 is 10.1. The van der Waals surface area contributed by atoms with Gasteiger partial charge in [0.15, 0.2) is 0 Å². The van der Waals surface area contributed by atoms with Crippen LogP contribution in [0.5, 0.6) is 0 Å². The molecule has 1 aliphatic carbocycles. The number of esters is 1. The Balaban J connectivity index is 1.70. The molecule has 2 aromatic rings. The maximum absolute atomic E-state index is 12.1. The second-order valence-electron chi connectivity index (χ2n) is 6.12. The molecule has 2 aromatic carbocycles. The van der Waals surface area contributed by atoms with Gasteiger partial charge in [-0.1, -0.05) is 48.5 Å². The normalized spacial score (nSPS) is 13.5. The molecular formula is C20H22N2O4. The molecule has 136 valence electrons. The van der Waals surface area contributed by atoms with Crippen LogP contribution in [0.2, 0.25) is 0 Å². The number of nitrogens with one attached hydrogen (secondary N) is 1. The number of carbonyl (C=O) groups excluding carboxylic acids is 2. The van der Waals surface area contributed by atoms with Gasteiger partial charge >= 0.3 is 12.1 Å². The van der Waals surface area contributed by atoms with E-state index in [1.807, 2.05) is 36.4 Å². The molecule has 0 aliphatic heterocycles. The minimum Gasteiger partial charge on any atom is -0.467 e. The number of alkyl carbamates (subject to hydrolysis) is 1. The highest BCUT2D eigenvalue weighted by Crippen LogP contribution is 2.44. The van der Waals surface area contributed by atoms with Gasteiger partial charge in [-0.25, -0.2) is 9.59 Å². The summed E-state index contributed by atoms with van der Waals surface area (Å²) in [6.07, 6.45) is -0.368. The molecule has 0 fully saturated rings. The van der Waals surface area contributed by atoms with Crippen LogP contribution < -0.4 is 11.1 Å². The summed E-state index contributed by atoms with van der Waals surface area (Å²) in [6.45, 7) is 0.444. The van der Waals surface area contributed by atoms with E-state index >= 15 is 0 Å². The highest BCUT2D eigenvalue weighted by atomic mass is 16.6.